The molecule has 0 aliphatic heterocycles. The number of amides is 2. The summed E-state index contributed by atoms with van der Waals surface area (Å²) >= 11 is 0. The molecule has 2 amide bonds. The summed E-state index contributed by atoms with van der Waals surface area (Å²) in [6.45, 7) is 2.57. The largest absolute Gasteiger partial charge is 0.385 e. The van der Waals surface area contributed by atoms with Crippen molar-refractivity contribution >= 4 is 11.7 Å². The van der Waals surface area contributed by atoms with Crippen LogP contribution in [0.25, 0.3) is 11.4 Å². The van der Waals surface area contributed by atoms with E-state index in [2.05, 4.69) is 15.6 Å². The number of carbonyl (C=O) groups excluding carboxylic acids is 1. The Morgan fingerprint density at radius 3 is 2.95 bits per heavy atom. The lowest BCUT2D eigenvalue weighted by molar-refractivity contribution is 0.185. The maximum Gasteiger partial charge on any atom is 0.319 e. The number of ether oxygens (including phenoxy) is 1. The number of anilines is 1. The predicted octanol–water partition coefficient (Wildman–Crippen LogP) is 2.63. The third kappa shape index (κ3) is 4.33. The Labute approximate surface area is 130 Å². The number of nitrogens with one attached hydrogen (secondary N) is 2. The van der Waals surface area contributed by atoms with E-state index in [9.17, 15) is 4.79 Å². The number of methoxy groups -OCH3 is 1. The van der Waals surface area contributed by atoms with Crippen LogP contribution in [-0.4, -0.2) is 35.3 Å². The smallest absolute Gasteiger partial charge is 0.319 e. The highest BCUT2D eigenvalue weighted by molar-refractivity contribution is 5.90. The van der Waals surface area contributed by atoms with E-state index in [0.717, 1.165) is 23.5 Å². The third-order valence-electron chi connectivity index (χ3n) is 3.33. The number of carbonyl (C=O) groups is 1. The molecule has 0 fully saturated rings. The second-order valence-electron chi connectivity index (χ2n) is 5.22. The van der Waals surface area contributed by atoms with Gasteiger partial charge in [-0.15, -0.1) is 0 Å². The zero-order chi connectivity index (χ0) is 15.9. The Morgan fingerprint density at radius 2 is 2.27 bits per heavy atom. The molecule has 2 aromatic rings. The van der Waals surface area contributed by atoms with Gasteiger partial charge in [0.25, 0.3) is 0 Å². The lowest BCUT2D eigenvalue weighted by Crippen LogP contribution is -2.36. The highest BCUT2D eigenvalue weighted by Crippen LogP contribution is 2.20. The number of nitrogens with zero attached hydrogens (tertiary/aromatic N) is 2. The Bertz CT molecular complexity index is 624. The van der Waals surface area contributed by atoms with Crippen LogP contribution in [0.15, 0.2) is 36.7 Å². The third-order valence-corrected chi connectivity index (χ3v) is 3.33. The van der Waals surface area contributed by atoms with Crippen molar-refractivity contribution < 1.29 is 9.53 Å². The van der Waals surface area contributed by atoms with Crippen molar-refractivity contribution in [3.63, 3.8) is 0 Å². The van der Waals surface area contributed by atoms with Gasteiger partial charge in [-0.25, -0.2) is 9.78 Å². The van der Waals surface area contributed by atoms with Crippen LogP contribution in [0.1, 0.15) is 13.3 Å². The van der Waals surface area contributed by atoms with Crippen molar-refractivity contribution in [2.75, 3.05) is 19.0 Å². The van der Waals surface area contributed by atoms with E-state index in [4.69, 9.17) is 4.74 Å². The first-order valence-corrected chi connectivity index (χ1v) is 7.24. The summed E-state index contributed by atoms with van der Waals surface area (Å²) in [5, 5.41) is 5.72. The lowest BCUT2D eigenvalue weighted by Gasteiger charge is -2.14. The van der Waals surface area contributed by atoms with Gasteiger partial charge in [0, 0.05) is 50.5 Å². The van der Waals surface area contributed by atoms with Crippen molar-refractivity contribution in [1.82, 2.24) is 14.9 Å². The van der Waals surface area contributed by atoms with Gasteiger partial charge in [0.05, 0.1) is 0 Å². The Balaban J connectivity index is 1.99. The molecule has 2 N–H and O–H groups in total. The number of hydrogen-bond donors (Lipinski definition) is 2. The minimum atomic E-state index is -0.222. The second kappa shape index (κ2) is 7.61. The van der Waals surface area contributed by atoms with Crippen LogP contribution >= 0.6 is 0 Å². The fourth-order valence-corrected chi connectivity index (χ4v) is 2.14. The predicted molar refractivity (Wildman–Crippen MR) is 86.8 cm³/mol. The zero-order valence-electron chi connectivity index (χ0n) is 13.2. The van der Waals surface area contributed by atoms with Crippen molar-refractivity contribution in [2.24, 2.45) is 7.05 Å². The number of aryl methyl sites for hydroxylation is 1. The van der Waals surface area contributed by atoms with Gasteiger partial charge in [-0.3, -0.25) is 0 Å². The molecule has 0 bridgehead atoms. The van der Waals surface area contributed by atoms with Gasteiger partial charge in [-0.05, 0) is 25.5 Å². The fraction of sp³-hybridized carbons (Fsp3) is 0.375. The summed E-state index contributed by atoms with van der Waals surface area (Å²) in [5.74, 6) is 0.859. The van der Waals surface area contributed by atoms with E-state index in [1.54, 1.807) is 13.3 Å². The first-order valence-electron chi connectivity index (χ1n) is 7.24. The van der Waals surface area contributed by atoms with Crippen LogP contribution < -0.4 is 10.6 Å². The number of rotatable bonds is 6. The first kappa shape index (κ1) is 16.0. The molecule has 2 rings (SSSR count). The topological polar surface area (TPSA) is 68.2 Å². The quantitative estimate of drug-likeness (QED) is 0.862. The number of imidazole rings is 1. The molecule has 118 valence electrons. The number of benzene rings is 1. The van der Waals surface area contributed by atoms with Gasteiger partial charge in [0.2, 0.25) is 0 Å². The van der Waals surface area contributed by atoms with Crippen LogP contribution in [-0.2, 0) is 11.8 Å². The summed E-state index contributed by atoms with van der Waals surface area (Å²) in [7, 11) is 3.59. The van der Waals surface area contributed by atoms with Gasteiger partial charge in [-0.2, -0.15) is 0 Å². The minimum Gasteiger partial charge on any atom is -0.385 e. The van der Waals surface area contributed by atoms with E-state index in [1.165, 1.54) is 0 Å². The van der Waals surface area contributed by atoms with Crippen molar-refractivity contribution in [3.8, 4) is 11.4 Å². The second-order valence-corrected chi connectivity index (χ2v) is 5.22. The van der Waals surface area contributed by atoms with E-state index < -0.39 is 0 Å². The molecule has 1 heterocycles. The molecule has 1 aromatic carbocycles. The maximum atomic E-state index is 12.0. The molecule has 0 unspecified atom stereocenters. The molecule has 0 spiro atoms. The molecule has 6 heteroatoms. The maximum absolute atomic E-state index is 12.0. The van der Waals surface area contributed by atoms with Gasteiger partial charge >= 0.3 is 6.03 Å². The highest BCUT2D eigenvalue weighted by atomic mass is 16.5. The molecular weight excluding hydrogens is 280 g/mol. The molecular formula is C16H22N4O2. The zero-order valence-corrected chi connectivity index (χ0v) is 13.2. The van der Waals surface area contributed by atoms with Gasteiger partial charge in [0.1, 0.15) is 5.82 Å². The normalized spacial score (nSPS) is 12.0. The van der Waals surface area contributed by atoms with Gasteiger partial charge in [-0.1, -0.05) is 12.1 Å². The van der Waals surface area contributed by atoms with E-state index in [0.29, 0.717) is 6.61 Å². The van der Waals surface area contributed by atoms with Crippen molar-refractivity contribution in [1.29, 1.82) is 0 Å². The van der Waals surface area contributed by atoms with E-state index >= 15 is 0 Å². The Kier molecular flexibility index (Phi) is 5.55. The van der Waals surface area contributed by atoms with Gasteiger partial charge < -0.3 is 19.9 Å². The average Bonchev–Trinajstić information content (AvgIpc) is 2.91. The Morgan fingerprint density at radius 1 is 1.45 bits per heavy atom. The van der Waals surface area contributed by atoms with Gasteiger partial charge in [0.15, 0.2) is 0 Å². The molecule has 0 aliphatic rings. The molecule has 1 atom stereocenters. The molecule has 22 heavy (non-hydrogen) atoms. The highest BCUT2D eigenvalue weighted by Gasteiger charge is 2.09. The molecule has 0 saturated carbocycles. The van der Waals surface area contributed by atoms with E-state index in [-0.39, 0.29) is 12.1 Å². The molecule has 6 nitrogen and oxygen atoms in total. The monoisotopic (exact) mass is 302 g/mol. The van der Waals surface area contributed by atoms with Crippen LogP contribution in [0.5, 0.6) is 0 Å². The standard InChI is InChI=1S/C16H22N4O2/c1-12(7-10-22-3)18-16(21)19-14-6-4-5-13(11-14)15-17-8-9-20(15)2/h4-6,8-9,11-12H,7,10H2,1-3H3,(H2,18,19,21)/t12-/m0/s1. The Hall–Kier alpha value is -2.34. The summed E-state index contributed by atoms with van der Waals surface area (Å²) < 4.78 is 6.94. The van der Waals surface area contributed by atoms with Crippen LogP contribution in [0.4, 0.5) is 10.5 Å². The number of aromatic nitrogens is 2. The molecule has 0 saturated heterocycles. The van der Waals surface area contributed by atoms with Crippen molar-refractivity contribution in [2.45, 2.75) is 19.4 Å². The molecule has 0 aliphatic carbocycles. The van der Waals surface area contributed by atoms with E-state index in [1.807, 2.05) is 49.0 Å². The summed E-state index contributed by atoms with van der Waals surface area (Å²) in [5.41, 5.74) is 1.69. The van der Waals surface area contributed by atoms with Crippen LogP contribution in [0, 0.1) is 0 Å². The summed E-state index contributed by atoms with van der Waals surface area (Å²) in [6.07, 6.45) is 4.41. The first-order chi connectivity index (χ1) is 10.6. The lowest BCUT2D eigenvalue weighted by atomic mass is 10.2. The van der Waals surface area contributed by atoms with Crippen LogP contribution in [0.3, 0.4) is 0 Å². The fourth-order valence-electron chi connectivity index (χ4n) is 2.14. The molecule has 0 radical (unpaired) electrons. The minimum absolute atomic E-state index is 0.0534. The number of urea groups is 1. The number of hydrogen-bond acceptors (Lipinski definition) is 3. The SMILES string of the molecule is COCC[C@H](C)NC(=O)Nc1cccc(-c2nccn2C)c1. The molecule has 1 aromatic heterocycles. The van der Waals surface area contributed by atoms with Crippen LogP contribution in [0.2, 0.25) is 0 Å². The van der Waals surface area contributed by atoms with Crippen molar-refractivity contribution in [3.05, 3.63) is 36.7 Å². The average molecular weight is 302 g/mol. The summed E-state index contributed by atoms with van der Waals surface area (Å²) in [4.78, 5) is 16.3. The summed E-state index contributed by atoms with van der Waals surface area (Å²) in [6, 6.07) is 7.45.